The lowest BCUT2D eigenvalue weighted by Gasteiger charge is -2.36. The summed E-state index contributed by atoms with van der Waals surface area (Å²) in [7, 11) is 1.22. The summed E-state index contributed by atoms with van der Waals surface area (Å²) in [5, 5.41) is 0. The van der Waals surface area contributed by atoms with Crippen molar-refractivity contribution in [1.82, 2.24) is 4.90 Å². The highest BCUT2D eigenvalue weighted by Crippen LogP contribution is 2.42. The molecule has 0 aromatic heterocycles. The number of nitrogens with zero attached hydrogens (tertiary/aromatic N) is 2. The topological polar surface area (TPSA) is 85.4 Å². The van der Waals surface area contributed by atoms with Gasteiger partial charge in [-0.1, -0.05) is 6.07 Å². The molecule has 0 bridgehead atoms. The van der Waals surface area contributed by atoms with Gasteiger partial charge in [0.25, 0.3) is 0 Å². The molecule has 0 radical (unpaired) electrons. The summed E-state index contributed by atoms with van der Waals surface area (Å²) in [5.41, 5.74) is -1.23. The van der Waals surface area contributed by atoms with Crippen LogP contribution < -0.4 is 4.90 Å². The van der Waals surface area contributed by atoms with Crippen molar-refractivity contribution >= 4 is 23.7 Å². The third kappa shape index (κ3) is 7.79. The minimum atomic E-state index is -4.55. The number of alkyl halides is 3. The number of piperidine rings is 1. The van der Waals surface area contributed by atoms with Crippen molar-refractivity contribution in [3.63, 3.8) is 0 Å². The van der Waals surface area contributed by atoms with E-state index in [1.807, 2.05) is 4.90 Å². The number of halogens is 3. The number of carbonyl (C=O) groups excluding carboxylic acids is 3. The van der Waals surface area contributed by atoms with Crippen LogP contribution in [0.5, 0.6) is 0 Å². The number of likely N-dealkylation sites (tertiary alicyclic amines) is 1. The second kappa shape index (κ2) is 11.3. The van der Waals surface area contributed by atoms with Crippen molar-refractivity contribution in [1.29, 1.82) is 0 Å². The molecule has 3 rings (SSSR count). The molecule has 1 aromatic rings. The first kappa shape index (κ1) is 30.6. The largest absolute Gasteiger partial charge is 0.467 e. The van der Waals surface area contributed by atoms with Gasteiger partial charge < -0.3 is 19.1 Å². The number of ether oxygens (including phenoxy) is 3. The van der Waals surface area contributed by atoms with Crippen molar-refractivity contribution < 1.29 is 41.8 Å². The molecule has 8 nitrogen and oxygen atoms in total. The quantitative estimate of drug-likeness (QED) is 0.356. The van der Waals surface area contributed by atoms with Gasteiger partial charge in [-0.3, -0.25) is 9.69 Å². The van der Waals surface area contributed by atoms with Crippen molar-refractivity contribution in [3.05, 3.63) is 29.3 Å². The maximum absolute atomic E-state index is 13.7. The Kier molecular flexibility index (Phi) is 8.82. The van der Waals surface area contributed by atoms with E-state index in [1.54, 1.807) is 41.5 Å². The summed E-state index contributed by atoms with van der Waals surface area (Å²) >= 11 is 0. The Bertz CT molecular complexity index is 1070. The van der Waals surface area contributed by atoms with E-state index in [0.29, 0.717) is 37.2 Å². The summed E-state index contributed by atoms with van der Waals surface area (Å²) in [4.78, 5) is 41.2. The minimum absolute atomic E-state index is 0.0847. The van der Waals surface area contributed by atoms with Crippen molar-refractivity contribution in [3.8, 4) is 0 Å². The van der Waals surface area contributed by atoms with Crippen LogP contribution in [-0.2, 0) is 30.0 Å². The molecule has 2 atom stereocenters. The summed E-state index contributed by atoms with van der Waals surface area (Å²) < 4.78 is 57.0. The monoisotopic (exact) mass is 556 g/mol. The number of amides is 1. The Hall–Kier alpha value is -2.98. The van der Waals surface area contributed by atoms with Gasteiger partial charge in [-0.15, -0.1) is 0 Å². The van der Waals surface area contributed by atoms with E-state index < -0.39 is 47.0 Å². The molecule has 2 heterocycles. The Morgan fingerprint density at radius 3 is 2.00 bits per heavy atom. The Morgan fingerprint density at radius 1 is 0.897 bits per heavy atom. The van der Waals surface area contributed by atoms with Crippen LogP contribution in [0.4, 0.5) is 23.7 Å². The zero-order chi connectivity index (χ0) is 29.3. The summed E-state index contributed by atoms with van der Waals surface area (Å²) in [5.74, 6) is -1.69. The standard InChI is InChI=1S/C28H39F3N2O6/c1-26(2,3)38-23(34)17-10-12-32(13-11-17)21-15-19(28(29,30)31)8-9-20(21)18-14-22(24(35)37-7)33(16-18)25(36)39-27(4,5)6/h8-9,15,17-18,22H,10-14,16H2,1-7H3/t18-,22-/m0/s1. The van der Waals surface area contributed by atoms with Gasteiger partial charge >= 0.3 is 24.2 Å². The zero-order valence-corrected chi connectivity index (χ0v) is 23.7. The summed E-state index contributed by atoms with van der Waals surface area (Å²) in [6.07, 6.45) is -4.19. The Labute approximate surface area is 227 Å². The van der Waals surface area contributed by atoms with Gasteiger partial charge in [-0.25, -0.2) is 9.59 Å². The Balaban J connectivity index is 1.90. The van der Waals surface area contributed by atoms with Crippen LogP contribution in [-0.4, -0.2) is 66.9 Å². The molecule has 11 heteroatoms. The van der Waals surface area contributed by atoms with Gasteiger partial charge in [0.15, 0.2) is 0 Å². The van der Waals surface area contributed by atoms with E-state index >= 15 is 0 Å². The third-order valence-electron chi connectivity index (χ3n) is 6.78. The van der Waals surface area contributed by atoms with Crippen molar-refractivity contribution in [2.75, 3.05) is 31.6 Å². The van der Waals surface area contributed by atoms with Gasteiger partial charge in [0.2, 0.25) is 0 Å². The van der Waals surface area contributed by atoms with Crippen LogP contribution in [0.25, 0.3) is 0 Å². The van der Waals surface area contributed by atoms with Crippen LogP contribution in [0, 0.1) is 5.92 Å². The molecule has 2 aliphatic rings. The number of benzene rings is 1. The van der Waals surface area contributed by atoms with E-state index in [4.69, 9.17) is 14.2 Å². The smallest absolute Gasteiger partial charge is 0.416 e. The summed E-state index contributed by atoms with van der Waals surface area (Å²) in [6, 6.07) is 2.64. The molecule has 0 unspecified atom stereocenters. The maximum atomic E-state index is 13.7. The maximum Gasteiger partial charge on any atom is 0.416 e. The van der Waals surface area contributed by atoms with E-state index in [0.717, 1.165) is 12.1 Å². The van der Waals surface area contributed by atoms with Gasteiger partial charge in [-0.2, -0.15) is 13.2 Å². The van der Waals surface area contributed by atoms with E-state index in [-0.39, 0.29) is 24.9 Å². The average molecular weight is 557 g/mol. The lowest BCUT2D eigenvalue weighted by molar-refractivity contribution is -0.160. The second-order valence-corrected chi connectivity index (χ2v) is 12.2. The average Bonchev–Trinajstić information content (AvgIpc) is 3.26. The molecule has 39 heavy (non-hydrogen) atoms. The lowest BCUT2D eigenvalue weighted by Crippen LogP contribution is -2.43. The molecule has 218 valence electrons. The number of rotatable bonds is 4. The number of esters is 2. The zero-order valence-electron chi connectivity index (χ0n) is 23.7. The van der Waals surface area contributed by atoms with E-state index in [1.165, 1.54) is 18.1 Å². The first-order valence-electron chi connectivity index (χ1n) is 13.2. The van der Waals surface area contributed by atoms with Crippen LogP contribution in [0.15, 0.2) is 18.2 Å². The van der Waals surface area contributed by atoms with E-state index in [9.17, 15) is 27.6 Å². The van der Waals surface area contributed by atoms with Crippen LogP contribution in [0.3, 0.4) is 0 Å². The molecule has 1 amide bonds. The predicted molar refractivity (Wildman–Crippen MR) is 138 cm³/mol. The van der Waals surface area contributed by atoms with Crippen molar-refractivity contribution in [2.24, 2.45) is 5.92 Å². The van der Waals surface area contributed by atoms with Gasteiger partial charge in [0.05, 0.1) is 18.6 Å². The molecule has 0 N–H and O–H groups in total. The first-order chi connectivity index (χ1) is 17.9. The molecule has 0 saturated carbocycles. The molecule has 2 fully saturated rings. The molecule has 1 aromatic carbocycles. The second-order valence-electron chi connectivity index (χ2n) is 12.2. The molecule has 2 aliphatic heterocycles. The van der Waals surface area contributed by atoms with Crippen molar-refractivity contribution in [2.45, 2.75) is 90.1 Å². The van der Waals surface area contributed by atoms with Gasteiger partial charge in [-0.05, 0) is 78.5 Å². The lowest BCUT2D eigenvalue weighted by atomic mass is 9.90. The van der Waals surface area contributed by atoms with Crippen LogP contribution in [0.2, 0.25) is 0 Å². The number of carbonyl (C=O) groups is 3. The fraction of sp³-hybridized carbons (Fsp3) is 0.679. The van der Waals surface area contributed by atoms with Crippen LogP contribution in [0.1, 0.15) is 77.8 Å². The van der Waals surface area contributed by atoms with Gasteiger partial charge in [0, 0.05) is 31.2 Å². The third-order valence-corrected chi connectivity index (χ3v) is 6.78. The fourth-order valence-corrected chi connectivity index (χ4v) is 5.02. The number of hydrogen-bond donors (Lipinski definition) is 0. The van der Waals surface area contributed by atoms with Crippen LogP contribution >= 0.6 is 0 Å². The molecule has 2 saturated heterocycles. The molecular weight excluding hydrogens is 517 g/mol. The number of methoxy groups -OCH3 is 1. The SMILES string of the molecule is COC(=O)[C@@H]1C[C@H](c2ccc(C(F)(F)F)cc2N2CCC(C(=O)OC(C)(C)C)CC2)CN1C(=O)OC(C)(C)C. The normalized spacial score (nSPS) is 21.1. The number of hydrogen-bond acceptors (Lipinski definition) is 7. The highest BCUT2D eigenvalue weighted by atomic mass is 19.4. The number of anilines is 1. The Morgan fingerprint density at radius 2 is 1.49 bits per heavy atom. The minimum Gasteiger partial charge on any atom is -0.467 e. The fourth-order valence-electron chi connectivity index (χ4n) is 5.02. The first-order valence-corrected chi connectivity index (χ1v) is 13.2. The molecular formula is C28H39F3N2O6. The van der Waals surface area contributed by atoms with Gasteiger partial charge in [0.1, 0.15) is 17.2 Å². The molecule has 0 aliphatic carbocycles. The highest BCUT2D eigenvalue weighted by Gasteiger charge is 2.44. The predicted octanol–water partition coefficient (Wildman–Crippen LogP) is 5.53. The molecule has 0 spiro atoms. The summed E-state index contributed by atoms with van der Waals surface area (Å²) in [6.45, 7) is 11.3. The highest BCUT2D eigenvalue weighted by molar-refractivity contribution is 5.83. The van der Waals surface area contributed by atoms with E-state index in [2.05, 4.69) is 0 Å².